The minimum absolute atomic E-state index is 0.114. The molecule has 180 valence electrons. The van der Waals surface area contributed by atoms with Gasteiger partial charge < -0.3 is 14.9 Å². The smallest absolute Gasteiger partial charge is 0.340 e. The van der Waals surface area contributed by atoms with Gasteiger partial charge in [0.1, 0.15) is 25.7 Å². The summed E-state index contributed by atoms with van der Waals surface area (Å²) in [5.41, 5.74) is 0.953. The van der Waals surface area contributed by atoms with Crippen molar-refractivity contribution in [3.8, 4) is 11.3 Å². The van der Waals surface area contributed by atoms with E-state index in [-0.39, 0.29) is 5.69 Å². The molecule has 1 aliphatic rings. The van der Waals surface area contributed by atoms with E-state index in [1.165, 1.54) is 18.6 Å². The first-order valence-electron chi connectivity index (χ1n) is 10.4. The van der Waals surface area contributed by atoms with Gasteiger partial charge in [-0.1, -0.05) is 39.0 Å². The van der Waals surface area contributed by atoms with Crippen LogP contribution in [0.5, 0.6) is 0 Å². The van der Waals surface area contributed by atoms with Crippen molar-refractivity contribution in [1.82, 2.24) is 15.0 Å². The number of pyridine rings is 1. The lowest BCUT2D eigenvalue weighted by atomic mass is 10.0. The van der Waals surface area contributed by atoms with Crippen LogP contribution in [0.2, 0.25) is 0 Å². The Morgan fingerprint density at radius 1 is 1.03 bits per heavy atom. The maximum absolute atomic E-state index is 13.3. The maximum Gasteiger partial charge on any atom is 0.418 e. The van der Waals surface area contributed by atoms with Crippen LogP contribution in [0.4, 0.5) is 19.0 Å². The molecule has 0 radical (unpaired) electrons. The Hall–Kier alpha value is -3.88. The fourth-order valence-corrected chi connectivity index (χ4v) is 3.12. The largest absolute Gasteiger partial charge is 0.418 e. The van der Waals surface area contributed by atoms with Crippen LogP contribution >= 0.6 is 0 Å². The second kappa shape index (κ2) is 13.6. The molecule has 9 heteroatoms. The summed E-state index contributed by atoms with van der Waals surface area (Å²) in [4.78, 5) is 28.5. The van der Waals surface area contributed by atoms with Gasteiger partial charge in [-0.2, -0.15) is 13.2 Å². The van der Waals surface area contributed by atoms with Gasteiger partial charge in [-0.15, -0.1) is 0 Å². The summed E-state index contributed by atoms with van der Waals surface area (Å²) in [5, 5.41) is 3.99. The van der Waals surface area contributed by atoms with Gasteiger partial charge in [0.25, 0.3) is 0 Å². The lowest BCUT2D eigenvalue weighted by Gasteiger charge is -2.15. The van der Waals surface area contributed by atoms with Crippen LogP contribution in [0.3, 0.4) is 0 Å². The van der Waals surface area contributed by atoms with Gasteiger partial charge >= 0.3 is 6.18 Å². The van der Waals surface area contributed by atoms with Crippen LogP contribution in [-0.4, -0.2) is 28.5 Å². The molecular weight excluding hydrogens is 445 g/mol. The third-order valence-electron chi connectivity index (χ3n) is 4.60. The van der Waals surface area contributed by atoms with Crippen molar-refractivity contribution in [2.24, 2.45) is 5.92 Å². The van der Waals surface area contributed by atoms with Crippen molar-refractivity contribution >= 4 is 30.3 Å². The van der Waals surface area contributed by atoms with Gasteiger partial charge in [-0.3, -0.25) is 4.98 Å². The molecule has 0 saturated carbocycles. The van der Waals surface area contributed by atoms with E-state index in [1.54, 1.807) is 18.2 Å². The predicted octanol–water partition coefficient (Wildman–Crippen LogP) is 6.26. The molecule has 0 aliphatic heterocycles. The van der Waals surface area contributed by atoms with Crippen molar-refractivity contribution in [2.45, 2.75) is 33.4 Å². The number of rotatable bonds is 3. The molecule has 0 amide bonds. The highest BCUT2D eigenvalue weighted by Gasteiger charge is 2.34. The second-order valence-corrected chi connectivity index (χ2v) is 6.71. The molecule has 34 heavy (non-hydrogen) atoms. The summed E-state index contributed by atoms with van der Waals surface area (Å²) < 4.78 is 39.9. The lowest BCUT2D eigenvalue weighted by molar-refractivity contribution is -0.137. The summed E-state index contributed by atoms with van der Waals surface area (Å²) in [6.45, 7) is 10.1. The third kappa shape index (κ3) is 7.06. The Balaban J connectivity index is 0.000000894. The van der Waals surface area contributed by atoms with Crippen LogP contribution < -0.4 is 5.32 Å². The lowest BCUT2D eigenvalue weighted by Crippen LogP contribution is -2.08. The fourth-order valence-electron chi connectivity index (χ4n) is 3.12. The van der Waals surface area contributed by atoms with Gasteiger partial charge in [-0.25, -0.2) is 9.97 Å². The van der Waals surface area contributed by atoms with Gasteiger partial charge in [0.05, 0.1) is 16.8 Å². The normalized spacial score (nSPS) is 14.3. The highest BCUT2D eigenvalue weighted by molar-refractivity contribution is 5.92. The first-order chi connectivity index (χ1) is 16.4. The number of hydrogen-bond acceptors (Lipinski definition) is 6. The minimum Gasteiger partial charge on any atom is -0.340 e. The molecule has 1 N–H and O–H groups in total. The highest BCUT2D eigenvalue weighted by Crippen LogP contribution is 2.36. The molecule has 6 nitrogen and oxygen atoms in total. The average molecular weight is 473 g/mol. The van der Waals surface area contributed by atoms with Crippen molar-refractivity contribution in [2.75, 3.05) is 5.32 Å². The number of halogens is 3. The highest BCUT2D eigenvalue weighted by atomic mass is 19.4. The average Bonchev–Trinajstić information content (AvgIpc) is 2.88. The summed E-state index contributed by atoms with van der Waals surface area (Å²) in [6, 6.07) is 7.25. The van der Waals surface area contributed by atoms with Crippen LogP contribution in [0, 0.1) is 5.92 Å². The van der Waals surface area contributed by atoms with Gasteiger partial charge in [-0.05, 0) is 42.7 Å². The van der Waals surface area contributed by atoms with Crippen molar-refractivity contribution < 1.29 is 22.8 Å². The number of aromatic nitrogens is 3. The number of allylic oxidation sites excluding steroid dienone is 3. The molecule has 1 atom stereocenters. The number of carbonyl (C=O) groups excluding carboxylic acids is 2. The number of alkyl halides is 3. The van der Waals surface area contributed by atoms with Crippen LogP contribution in [0.25, 0.3) is 22.2 Å². The van der Waals surface area contributed by atoms with E-state index in [4.69, 9.17) is 9.59 Å². The van der Waals surface area contributed by atoms with E-state index >= 15 is 0 Å². The number of carbonyl (C=O) groups is 2. The van der Waals surface area contributed by atoms with Crippen LogP contribution in [-0.2, 0) is 15.8 Å². The van der Waals surface area contributed by atoms with Crippen molar-refractivity contribution in [3.05, 3.63) is 72.3 Å². The molecule has 0 bridgehead atoms. The van der Waals surface area contributed by atoms with Crippen LogP contribution in [0.1, 0.15) is 32.8 Å². The molecule has 1 aliphatic carbocycles. The van der Waals surface area contributed by atoms with Crippen LogP contribution in [0.15, 0.2) is 66.8 Å². The molecule has 4 rings (SSSR count). The van der Waals surface area contributed by atoms with E-state index in [2.05, 4.69) is 39.3 Å². The Labute approximate surface area is 196 Å². The number of nitrogens with zero attached hydrogens (tertiary/aromatic N) is 3. The van der Waals surface area contributed by atoms with E-state index in [0.717, 1.165) is 23.6 Å². The number of hydrogen-bond donors (Lipinski definition) is 1. The third-order valence-corrected chi connectivity index (χ3v) is 4.60. The monoisotopic (exact) mass is 472 g/mol. The standard InChI is InChI=1S/C21H17F3N4.C2H6.2CH2O/c1-13-4-7-15(8-5-13)28-20-16-9-6-14(11-18(16)26-12-27-20)19-17(21(22,23)24)3-2-10-25-19;3*1-2/h2-4,6-13H,5H2,1H3,(H,26,27,28);1-2H3;2*1H2. The topological polar surface area (TPSA) is 84.8 Å². The number of benzene rings is 1. The number of anilines is 1. The number of fused-ring (bicyclic) bond motifs is 1. The quantitative estimate of drug-likeness (QED) is 0.484. The first kappa shape index (κ1) is 28.2. The molecule has 3 aromatic rings. The Bertz CT molecular complexity index is 1130. The van der Waals surface area contributed by atoms with E-state index < -0.39 is 11.7 Å². The molecule has 0 saturated heterocycles. The zero-order valence-corrected chi connectivity index (χ0v) is 19.3. The summed E-state index contributed by atoms with van der Waals surface area (Å²) in [6.07, 6.45) is 5.41. The predicted molar refractivity (Wildman–Crippen MR) is 128 cm³/mol. The van der Waals surface area contributed by atoms with E-state index in [1.807, 2.05) is 33.5 Å². The molecule has 1 aromatic carbocycles. The summed E-state index contributed by atoms with van der Waals surface area (Å²) in [5.74, 6) is 1.11. The Kier molecular flexibility index (Phi) is 11.3. The fraction of sp³-hybridized carbons (Fsp3) is 0.240. The van der Waals surface area contributed by atoms with Crippen molar-refractivity contribution in [1.29, 1.82) is 0 Å². The molecular formula is C25H27F3N4O2. The molecule has 0 spiro atoms. The molecule has 2 heterocycles. The van der Waals surface area contributed by atoms with E-state index in [0.29, 0.717) is 22.8 Å². The number of nitrogens with one attached hydrogen (secondary N) is 1. The molecule has 0 fully saturated rings. The molecule has 2 aromatic heterocycles. The zero-order valence-electron chi connectivity index (χ0n) is 19.3. The summed E-state index contributed by atoms with van der Waals surface area (Å²) >= 11 is 0. The first-order valence-corrected chi connectivity index (χ1v) is 10.4. The van der Waals surface area contributed by atoms with Gasteiger partial charge in [0.15, 0.2) is 0 Å². The SMILES string of the molecule is C=O.C=O.CC.CC1C=CC(Nc2ncnc3cc(-c4ncccc4C(F)(F)F)ccc23)=CC1. The molecule has 1 unspecified atom stereocenters. The van der Waals surface area contributed by atoms with Gasteiger partial charge in [0.2, 0.25) is 0 Å². The summed E-state index contributed by atoms with van der Waals surface area (Å²) in [7, 11) is 0. The maximum atomic E-state index is 13.3. The van der Waals surface area contributed by atoms with E-state index in [9.17, 15) is 13.2 Å². The second-order valence-electron chi connectivity index (χ2n) is 6.71. The van der Waals surface area contributed by atoms with Crippen molar-refractivity contribution in [3.63, 3.8) is 0 Å². The zero-order chi connectivity index (χ0) is 25.7. The minimum atomic E-state index is -4.48. The Morgan fingerprint density at radius 3 is 2.35 bits per heavy atom. The Morgan fingerprint density at radius 2 is 1.74 bits per heavy atom. The van der Waals surface area contributed by atoms with Gasteiger partial charge in [0, 0.05) is 22.8 Å².